The maximum atomic E-state index is 14.0. The summed E-state index contributed by atoms with van der Waals surface area (Å²) >= 11 is 0. The molecule has 0 spiro atoms. The number of urea groups is 1. The van der Waals surface area contributed by atoms with Crippen molar-refractivity contribution in [1.29, 1.82) is 0 Å². The maximum Gasteiger partial charge on any atom is 0.325 e. The van der Waals surface area contributed by atoms with Crippen molar-refractivity contribution in [2.24, 2.45) is 5.92 Å². The minimum atomic E-state index is -1.24. The van der Waals surface area contributed by atoms with Gasteiger partial charge in [-0.05, 0) is 54.7 Å². The van der Waals surface area contributed by atoms with Crippen LogP contribution in [-0.4, -0.2) is 65.0 Å². The summed E-state index contributed by atoms with van der Waals surface area (Å²) in [5.74, 6) is -0.473. The molecule has 8 heteroatoms. The fraction of sp³-hybridized carbons (Fsp3) is 0.379. The molecule has 1 aromatic heterocycles. The number of pyridine rings is 1. The first-order valence-corrected chi connectivity index (χ1v) is 13.0. The van der Waals surface area contributed by atoms with Crippen molar-refractivity contribution in [3.63, 3.8) is 0 Å². The lowest BCUT2D eigenvalue weighted by Gasteiger charge is -2.40. The Hall–Kier alpha value is -3.78. The number of piperidine rings is 1. The number of rotatable bonds is 5. The number of hydrogen-bond donors (Lipinski definition) is 1. The molecule has 4 heterocycles. The molecule has 0 saturated carbocycles. The number of hydrogen-bond acceptors (Lipinski definition) is 5. The second kappa shape index (κ2) is 9.59. The molecule has 3 fully saturated rings. The van der Waals surface area contributed by atoms with E-state index in [1.54, 1.807) is 18.3 Å². The van der Waals surface area contributed by atoms with Crippen molar-refractivity contribution in [3.8, 4) is 0 Å². The Labute approximate surface area is 215 Å². The van der Waals surface area contributed by atoms with E-state index in [-0.39, 0.29) is 30.4 Å². The van der Waals surface area contributed by atoms with Gasteiger partial charge in [-0.25, -0.2) is 4.79 Å². The number of aromatic nitrogens is 1. The molecule has 3 aromatic rings. The zero-order valence-electron chi connectivity index (χ0n) is 20.6. The van der Waals surface area contributed by atoms with Gasteiger partial charge < -0.3 is 15.0 Å². The Morgan fingerprint density at radius 3 is 2.54 bits per heavy atom. The molecule has 2 aromatic carbocycles. The highest BCUT2D eigenvalue weighted by Crippen LogP contribution is 2.41. The summed E-state index contributed by atoms with van der Waals surface area (Å²) in [5.41, 5.74) is -0.0167. The van der Waals surface area contributed by atoms with E-state index in [9.17, 15) is 14.4 Å². The van der Waals surface area contributed by atoms with Crippen molar-refractivity contribution < 1.29 is 19.1 Å². The standard InChI is InChI=1S/C29H30N4O4/c34-26(24-11-5-8-20-7-1-2-10-23(20)24)32-16-13-21(14-17-32)29(25-12-3-4-15-30-25)27(35)33(28(36)31-29)19-22-9-6-18-37-22/h1-5,7-8,10-12,15,21-22H,6,9,13-14,16-19H2,(H,31,36)/t22-,29+/m1/s1. The van der Waals surface area contributed by atoms with E-state index in [0.29, 0.717) is 43.8 Å². The van der Waals surface area contributed by atoms with Crippen LogP contribution in [0.2, 0.25) is 0 Å². The number of benzene rings is 2. The van der Waals surface area contributed by atoms with Gasteiger partial charge in [0.15, 0.2) is 5.54 Å². The first-order valence-electron chi connectivity index (χ1n) is 13.0. The molecule has 37 heavy (non-hydrogen) atoms. The summed E-state index contributed by atoms with van der Waals surface area (Å²) < 4.78 is 5.71. The summed E-state index contributed by atoms with van der Waals surface area (Å²) in [6.07, 6.45) is 4.44. The quantitative estimate of drug-likeness (QED) is 0.542. The number of carbonyl (C=O) groups excluding carboxylic acids is 3. The van der Waals surface area contributed by atoms with Crippen LogP contribution in [-0.2, 0) is 15.1 Å². The molecule has 3 aliphatic rings. The summed E-state index contributed by atoms with van der Waals surface area (Å²) in [7, 11) is 0. The summed E-state index contributed by atoms with van der Waals surface area (Å²) in [6, 6.07) is 18.7. The normalized spacial score (nSPS) is 24.6. The fourth-order valence-electron chi connectivity index (χ4n) is 6.11. The van der Waals surface area contributed by atoms with Crippen LogP contribution in [0.15, 0.2) is 66.9 Å². The van der Waals surface area contributed by atoms with Gasteiger partial charge in [-0.2, -0.15) is 0 Å². The predicted molar refractivity (Wildman–Crippen MR) is 138 cm³/mol. The minimum Gasteiger partial charge on any atom is -0.376 e. The Balaban J connectivity index is 1.25. The third-order valence-corrected chi connectivity index (χ3v) is 8.03. The highest BCUT2D eigenvalue weighted by atomic mass is 16.5. The lowest BCUT2D eigenvalue weighted by atomic mass is 9.75. The van der Waals surface area contributed by atoms with Crippen molar-refractivity contribution in [2.45, 2.75) is 37.3 Å². The van der Waals surface area contributed by atoms with Gasteiger partial charge in [0.05, 0.1) is 18.3 Å². The van der Waals surface area contributed by atoms with Gasteiger partial charge in [-0.15, -0.1) is 0 Å². The second-order valence-corrected chi connectivity index (χ2v) is 10.1. The number of fused-ring (bicyclic) bond motifs is 1. The highest BCUT2D eigenvalue weighted by Gasteiger charge is 2.58. The van der Waals surface area contributed by atoms with E-state index in [1.807, 2.05) is 53.4 Å². The number of amides is 4. The molecule has 4 amide bonds. The van der Waals surface area contributed by atoms with E-state index in [1.165, 1.54) is 4.90 Å². The molecule has 3 saturated heterocycles. The smallest absolute Gasteiger partial charge is 0.325 e. The molecule has 8 nitrogen and oxygen atoms in total. The SMILES string of the molecule is O=C(c1cccc2ccccc12)N1CCC([C@@]2(c3ccccn3)NC(=O)N(C[C@H]3CCCO3)C2=O)CC1. The highest BCUT2D eigenvalue weighted by molar-refractivity contribution is 6.08. The van der Waals surface area contributed by atoms with Crippen LogP contribution in [0.25, 0.3) is 10.8 Å². The molecular formula is C29H30N4O4. The van der Waals surface area contributed by atoms with Gasteiger partial charge in [0, 0.05) is 37.4 Å². The summed E-state index contributed by atoms with van der Waals surface area (Å²) in [4.78, 5) is 48.3. The molecule has 1 N–H and O–H groups in total. The maximum absolute atomic E-state index is 14.0. The van der Waals surface area contributed by atoms with Gasteiger partial charge in [-0.3, -0.25) is 19.5 Å². The molecule has 190 valence electrons. The van der Waals surface area contributed by atoms with E-state index < -0.39 is 11.6 Å². The first kappa shape index (κ1) is 23.6. The first-order chi connectivity index (χ1) is 18.1. The van der Waals surface area contributed by atoms with E-state index in [2.05, 4.69) is 10.3 Å². The van der Waals surface area contributed by atoms with Crippen molar-refractivity contribution in [3.05, 3.63) is 78.1 Å². The number of nitrogens with one attached hydrogen (secondary N) is 1. The Bertz CT molecular complexity index is 1330. The number of carbonyl (C=O) groups is 3. The average molecular weight is 499 g/mol. The van der Waals surface area contributed by atoms with E-state index >= 15 is 0 Å². The lowest BCUT2D eigenvalue weighted by molar-refractivity contribution is -0.135. The van der Waals surface area contributed by atoms with Crippen LogP contribution in [0, 0.1) is 5.92 Å². The molecule has 6 rings (SSSR count). The van der Waals surface area contributed by atoms with E-state index in [4.69, 9.17) is 4.74 Å². The Morgan fingerprint density at radius 1 is 1.00 bits per heavy atom. The van der Waals surface area contributed by atoms with Gasteiger partial charge in [0.25, 0.3) is 11.8 Å². The Morgan fingerprint density at radius 2 is 1.78 bits per heavy atom. The number of ether oxygens (including phenoxy) is 1. The van der Waals surface area contributed by atoms with Crippen molar-refractivity contribution in [1.82, 2.24) is 20.1 Å². The molecule has 0 aliphatic carbocycles. The van der Waals surface area contributed by atoms with Gasteiger partial charge in [-0.1, -0.05) is 42.5 Å². The topological polar surface area (TPSA) is 91.8 Å². The second-order valence-electron chi connectivity index (χ2n) is 10.1. The molecule has 0 bridgehead atoms. The average Bonchev–Trinajstić information content (AvgIpc) is 3.56. The number of nitrogens with zero attached hydrogens (tertiary/aromatic N) is 3. The Kier molecular flexibility index (Phi) is 6.12. The number of imide groups is 1. The zero-order chi connectivity index (χ0) is 25.4. The third kappa shape index (κ3) is 4.05. The minimum absolute atomic E-state index is 0.0103. The fourth-order valence-corrected chi connectivity index (χ4v) is 6.11. The third-order valence-electron chi connectivity index (χ3n) is 8.03. The van der Waals surface area contributed by atoms with Crippen LogP contribution in [0.1, 0.15) is 41.7 Å². The van der Waals surface area contributed by atoms with Crippen LogP contribution >= 0.6 is 0 Å². The summed E-state index contributed by atoms with van der Waals surface area (Å²) in [6.45, 7) is 1.90. The van der Waals surface area contributed by atoms with Crippen LogP contribution < -0.4 is 5.32 Å². The summed E-state index contributed by atoms with van der Waals surface area (Å²) in [5, 5.41) is 5.01. The van der Waals surface area contributed by atoms with Crippen LogP contribution in [0.4, 0.5) is 4.79 Å². The monoisotopic (exact) mass is 498 g/mol. The van der Waals surface area contributed by atoms with E-state index in [0.717, 1.165) is 23.6 Å². The molecule has 3 aliphatic heterocycles. The van der Waals surface area contributed by atoms with Gasteiger partial charge in [0.1, 0.15) is 0 Å². The van der Waals surface area contributed by atoms with Crippen molar-refractivity contribution in [2.75, 3.05) is 26.2 Å². The molecular weight excluding hydrogens is 468 g/mol. The van der Waals surface area contributed by atoms with Crippen molar-refractivity contribution >= 4 is 28.6 Å². The molecule has 0 unspecified atom stereocenters. The van der Waals surface area contributed by atoms with Crippen LogP contribution in [0.5, 0.6) is 0 Å². The molecule has 2 atom stereocenters. The van der Waals surface area contributed by atoms with Gasteiger partial charge in [0.2, 0.25) is 0 Å². The lowest BCUT2D eigenvalue weighted by Crippen LogP contribution is -2.54. The number of likely N-dealkylation sites (tertiary alicyclic amines) is 1. The predicted octanol–water partition coefficient (Wildman–Crippen LogP) is 3.71. The largest absolute Gasteiger partial charge is 0.376 e. The van der Waals surface area contributed by atoms with Gasteiger partial charge >= 0.3 is 6.03 Å². The molecule has 0 radical (unpaired) electrons. The van der Waals surface area contributed by atoms with Crippen LogP contribution in [0.3, 0.4) is 0 Å². The zero-order valence-corrected chi connectivity index (χ0v) is 20.6.